The normalized spacial score (nSPS) is 20.4. The minimum atomic E-state index is -0.459. The van der Waals surface area contributed by atoms with Crippen LogP contribution in [-0.4, -0.2) is 41.1 Å². The summed E-state index contributed by atoms with van der Waals surface area (Å²) in [6, 6.07) is 9.31. The summed E-state index contributed by atoms with van der Waals surface area (Å²) in [5.41, 5.74) is 0.948. The van der Waals surface area contributed by atoms with Crippen molar-refractivity contribution in [1.82, 2.24) is 15.1 Å². The number of hydrogen-bond acceptors (Lipinski definition) is 6. The van der Waals surface area contributed by atoms with E-state index in [0.717, 1.165) is 5.56 Å². The number of ether oxygens (including phenoxy) is 1. The Hall–Kier alpha value is -2.32. The molecule has 8 heteroatoms. The molecular formula is C16H18N4O3S. The molecule has 2 amide bonds. The number of amides is 2. The predicted molar refractivity (Wildman–Crippen MR) is 89.3 cm³/mol. The van der Waals surface area contributed by atoms with Gasteiger partial charge < -0.3 is 15.0 Å². The van der Waals surface area contributed by atoms with E-state index in [4.69, 9.17) is 4.74 Å². The maximum atomic E-state index is 12.7. The molecule has 1 aromatic heterocycles. The van der Waals surface area contributed by atoms with E-state index in [1.54, 1.807) is 19.1 Å². The van der Waals surface area contributed by atoms with Crippen LogP contribution in [0.25, 0.3) is 0 Å². The first-order chi connectivity index (χ1) is 11.6. The molecular weight excluding hydrogens is 328 g/mol. The lowest BCUT2D eigenvalue weighted by Gasteiger charge is -2.24. The Kier molecular flexibility index (Phi) is 4.86. The zero-order valence-corrected chi connectivity index (χ0v) is 14.2. The van der Waals surface area contributed by atoms with Gasteiger partial charge in [0.25, 0.3) is 0 Å². The maximum absolute atomic E-state index is 12.7. The van der Waals surface area contributed by atoms with Crippen molar-refractivity contribution in [2.24, 2.45) is 5.92 Å². The second-order valence-electron chi connectivity index (χ2n) is 5.59. The van der Waals surface area contributed by atoms with Crippen molar-refractivity contribution in [2.75, 3.05) is 19.5 Å². The van der Waals surface area contributed by atoms with E-state index < -0.39 is 5.92 Å². The molecule has 0 spiro atoms. The Morgan fingerprint density at radius 2 is 2.12 bits per heavy atom. The summed E-state index contributed by atoms with van der Waals surface area (Å²) in [6.45, 7) is 0.352. The number of carbonyl (C=O) groups excluding carboxylic acids is 2. The van der Waals surface area contributed by atoms with E-state index >= 15 is 0 Å². The summed E-state index contributed by atoms with van der Waals surface area (Å²) in [5, 5.41) is 11.8. The largest absolute Gasteiger partial charge is 0.377 e. The van der Waals surface area contributed by atoms with Gasteiger partial charge in [-0.1, -0.05) is 41.7 Å². The van der Waals surface area contributed by atoms with Gasteiger partial charge >= 0.3 is 0 Å². The van der Waals surface area contributed by atoms with Crippen molar-refractivity contribution in [3.05, 3.63) is 40.9 Å². The third kappa shape index (κ3) is 3.29. The molecule has 0 saturated carbocycles. The van der Waals surface area contributed by atoms with Gasteiger partial charge in [0, 0.05) is 20.6 Å². The molecule has 1 saturated heterocycles. The molecule has 0 aliphatic carbocycles. The van der Waals surface area contributed by atoms with Gasteiger partial charge in [-0.05, 0) is 5.56 Å². The fraction of sp³-hybridized carbons (Fsp3) is 0.375. The molecule has 1 aliphatic rings. The molecule has 2 heterocycles. The SMILES string of the molecule is COCc1nnc(NC(=O)[C@@H]2CC(=O)N(C)[C@@H]2c2ccccc2)s1. The van der Waals surface area contributed by atoms with E-state index in [1.807, 2.05) is 30.3 Å². The fourth-order valence-corrected chi connectivity index (χ4v) is 3.61. The molecule has 1 N–H and O–H groups in total. The molecule has 0 unspecified atom stereocenters. The number of nitrogens with one attached hydrogen (secondary N) is 1. The highest BCUT2D eigenvalue weighted by Gasteiger charge is 2.42. The second kappa shape index (κ2) is 7.06. The molecule has 0 bridgehead atoms. The van der Waals surface area contributed by atoms with Crippen molar-refractivity contribution in [3.63, 3.8) is 0 Å². The Bertz CT molecular complexity index is 734. The predicted octanol–water partition coefficient (Wildman–Crippen LogP) is 1.84. The topological polar surface area (TPSA) is 84.4 Å². The number of likely N-dealkylation sites (tertiary alicyclic amines) is 1. The van der Waals surface area contributed by atoms with Crippen LogP contribution >= 0.6 is 11.3 Å². The number of methoxy groups -OCH3 is 1. The van der Waals surface area contributed by atoms with Crippen LogP contribution in [0.1, 0.15) is 23.0 Å². The Morgan fingerprint density at radius 3 is 2.83 bits per heavy atom. The van der Waals surface area contributed by atoms with Crippen molar-refractivity contribution >= 4 is 28.3 Å². The number of hydrogen-bond donors (Lipinski definition) is 1. The van der Waals surface area contributed by atoms with Gasteiger partial charge in [0.1, 0.15) is 11.6 Å². The molecule has 2 atom stereocenters. The minimum absolute atomic E-state index is 0.0404. The number of nitrogens with zero attached hydrogens (tertiary/aromatic N) is 3. The average molecular weight is 346 g/mol. The highest BCUT2D eigenvalue weighted by molar-refractivity contribution is 7.15. The third-order valence-corrected chi connectivity index (χ3v) is 4.84. The van der Waals surface area contributed by atoms with Gasteiger partial charge in [0.15, 0.2) is 0 Å². The maximum Gasteiger partial charge on any atom is 0.232 e. The standard InChI is InChI=1S/C16H18N4O3S/c1-20-13(21)8-11(14(20)10-6-4-3-5-7-10)15(22)17-16-19-18-12(24-16)9-23-2/h3-7,11,14H,8-9H2,1-2H3,(H,17,19,22)/t11-,14-/m1/s1. The van der Waals surface area contributed by atoms with Gasteiger partial charge in [-0.3, -0.25) is 9.59 Å². The molecule has 126 valence electrons. The molecule has 24 heavy (non-hydrogen) atoms. The van der Waals surface area contributed by atoms with Gasteiger partial charge in [-0.15, -0.1) is 10.2 Å². The van der Waals surface area contributed by atoms with Crippen molar-refractivity contribution < 1.29 is 14.3 Å². The fourth-order valence-electron chi connectivity index (χ4n) is 2.90. The number of aromatic nitrogens is 2. The molecule has 1 aliphatic heterocycles. The second-order valence-corrected chi connectivity index (χ2v) is 6.66. The smallest absolute Gasteiger partial charge is 0.232 e. The van der Waals surface area contributed by atoms with Crippen LogP contribution in [0.3, 0.4) is 0 Å². The first-order valence-corrected chi connectivity index (χ1v) is 8.34. The van der Waals surface area contributed by atoms with Gasteiger partial charge in [-0.25, -0.2) is 0 Å². The summed E-state index contributed by atoms with van der Waals surface area (Å²) < 4.78 is 4.99. The van der Waals surface area contributed by atoms with Gasteiger partial charge in [-0.2, -0.15) is 0 Å². The molecule has 3 rings (SSSR count). The van der Waals surface area contributed by atoms with Crippen LogP contribution in [0, 0.1) is 5.92 Å². The number of benzene rings is 1. The summed E-state index contributed by atoms with van der Waals surface area (Å²) in [6.07, 6.45) is 0.186. The van der Waals surface area contributed by atoms with Crippen LogP contribution < -0.4 is 5.32 Å². The number of rotatable bonds is 5. The highest BCUT2D eigenvalue weighted by atomic mass is 32.1. The zero-order valence-electron chi connectivity index (χ0n) is 13.4. The van der Waals surface area contributed by atoms with Gasteiger partial charge in [0.05, 0.1) is 12.0 Å². The zero-order chi connectivity index (χ0) is 17.1. The van der Waals surface area contributed by atoms with Crippen molar-refractivity contribution in [3.8, 4) is 0 Å². The van der Waals surface area contributed by atoms with E-state index in [-0.39, 0.29) is 24.3 Å². The van der Waals surface area contributed by atoms with Crippen LogP contribution in [0.2, 0.25) is 0 Å². The summed E-state index contributed by atoms with van der Waals surface area (Å²) in [4.78, 5) is 26.4. The Morgan fingerprint density at radius 1 is 1.38 bits per heavy atom. The number of carbonyl (C=O) groups is 2. The first kappa shape index (κ1) is 16.5. The minimum Gasteiger partial charge on any atom is -0.377 e. The third-order valence-electron chi connectivity index (χ3n) is 4.03. The van der Waals surface area contributed by atoms with Gasteiger partial charge in [0.2, 0.25) is 16.9 Å². The lowest BCUT2D eigenvalue weighted by molar-refractivity contribution is -0.127. The molecule has 1 aromatic carbocycles. The van der Waals surface area contributed by atoms with Crippen LogP contribution in [0.5, 0.6) is 0 Å². The van der Waals surface area contributed by atoms with Crippen molar-refractivity contribution in [1.29, 1.82) is 0 Å². The van der Waals surface area contributed by atoms with Crippen LogP contribution in [0.4, 0.5) is 5.13 Å². The summed E-state index contributed by atoms with van der Waals surface area (Å²) in [7, 11) is 3.30. The van der Waals surface area contributed by atoms with Crippen molar-refractivity contribution in [2.45, 2.75) is 19.1 Å². The lowest BCUT2D eigenvalue weighted by Crippen LogP contribution is -2.29. The van der Waals surface area contributed by atoms with Crippen LogP contribution in [0.15, 0.2) is 30.3 Å². The Balaban J connectivity index is 1.78. The molecule has 0 radical (unpaired) electrons. The number of anilines is 1. The monoisotopic (exact) mass is 346 g/mol. The highest BCUT2D eigenvalue weighted by Crippen LogP contribution is 2.37. The average Bonchev–Trinajstić information content (AvgIpc) is 3.14. The lowest BCUT2D eigenvalue weighted by atomic mass is 9.93. The first-order valence-electron chi connectivity index (χ1n) is 7.53. The van der Waals surface area contributed by atoms with E-state index in [9.17, 15) is 9.59 Å². The van der Waals surface area contributed by atoms with Crippen LogP contribution in [-0.2, 0) is 20.9 Å². The Labute approximate surface area is 143 Å². The quantitative estimate of drug-likeness (QED) is 0.893. The molecule has 7 nitrogen and oxygen atoms in total. The van der Waals surface area contributed by atoms with E-state index in [1.165, 1.54) is 11.3 Å². The molecule has 1 fully saturated rings. The summed E-state index contributed by atoms with van der Waals surface area (Å²) in [5.74, 6) is -0.720. The summed E-state index contributed by atoms with van der Waals surface area (Å²) >= 11 is 1.27. The molecule has 2 aromatic rings. The van der Waals surface area contributed by atoms with E-state index in [2.05, 4.69) is 15.5 Å². The van der Waals surface area contributed by atoms with E-state index in [0.29, 0.717) is 16.7 Å².